The number of rotatable bonds is 9. The Morgan fingerprint density at radius 2 is 1.97 bits per heavy atom. The number of hydrogen-bond donors (Lipinski definition) is 2. The van der Waals surface area contributed by atoms with E-state index >= 15 is 0 Å². The molecule has 176 valence electrons. The van der Waals surface area contributed by atoms with Crippen LogP contribution in [0.5, 0.6) is 0 Å². The van der Waals surface area contributed by atoms with Crippen molar-refractivity contribution in [1.29, 1.82) is 0 Å². The third-order valence-electron chi connectivity index (χ3n) is 6.78. The summed E-state index contributed by atoms with van der Waals surface area (Å²) in [6.45, 7) is 2.92. The first-order valence-corrected chi connectivity index (χ1v) is 12.4. The van der Waals surface area contributed by atoms with E-state index in [0.29, 0.717) is 18.1 Å². The minimum Gasteiger partial charge on any atom is -0.396 e. The zero-order valence-electron chi connectivity index (χ0n) is 19.4. The van der Waals surface area contributed by atoms with Crippen molar-refractivity contribution in [1.82, 2.24) is 19.5 Å². The van der Waals surface area contributed by atoms with Gasteiger partial charge in [-0.1, -0.05) is 53.9 Å². The lowest BCUT2D eigenvalue weighted by Crippen LogP contribution is -2.34. The number of fused-ring (bicyclic) bond motifs is 1. The molecular weight excluding hydrogens is 446 g/mol. The van der Waals surface area contributed by atoms with Crippen molar-refractivity contribution in [3.05, 3.63) is 71.0 Å². The lowest BCUT2D eigenvalue weighted by Gasteiger charge is -2.34. The molecule has 1 aliphatic carbocycles. The molecular formula is C27H30ClN5O. The van der Waals surface area contributed by atoms with Crippen LogP contribution >= 0.6 is 11.6 Å². The van der Waals surface area contributed by atoms with E-state index in [1.54, 1.807) is 6.33 Å². The van der Waals surface area contributed by atoms with Crippen LogP contribution in [0.15, 0.2) is 54.9 Å². The second-order valence-electron chi connectivity index (χ2n) is 9.22. The number of nitrogens with one attached hydrogen (secondary N) is 1. The predicted octanol–water partition coefficient (Wildman–Crippen LogP) is 5.86. The number of hydrogen-bond acceptors (Lipinski definition) is 5. The molecule has 0 saturated heterocycles. The maximum Gasteiger partial charge on any atom is 0.183 e. The Balaban J connectivity index is 1.61. The maximum atomic E-state index is 9.43. The zero-order chi connectivity index (χ0) is 23.5. The van der Waals surface area contributed by atoms with Gasteiger partial charge in [-0.25, -0.2) is 15.0 Å². The Morgan fingerprint density at radius 3 is 2.68 bits per heavy atom. The second-order valence-corrected chi connectivity index (χ2v) is 9.66. The van der Waals surface area contributed by atoms with E-state index in [4.69, 9.17) is 16.6 Å². The number of nitrogens with zero attached hydrogens (tertiary/aromatic N) is 4. The lowest BCUT2D eigenvalue weighted by atomic mass is 9.78. The fourth-order valence-electron chi connectivity index (χ4n) is 4.76. The maximum absolute atomic E-state index is 9.43. The van der Waals surface area contributed by atoms with Crippen LogP contribution in [0.3, 0.4) is 0 Å². The van der Waals surface area contributed by atoms with E-state index in [1.165, 1.54) is 24.8 Å². The summed E-state index contributed by atoms with van der Waals surface area (Å²) in [6.07, 6.45) is 7.00. The highest BCUT2D eigenvalue weighted by Gasteiger charge is 2.28. The Bertz CT molecular complexity index is 1270. The highest BCUT2D eigenvalue weighted by atomic mass is 35.5. The van der Waals surface area contributed by atoms with Crippen molar-refractivity contribution in [2.75, 3.05) is 11.9 Å². The monoisotopic (exact) mass is 475 g/mol. The number of aryl methyl sites for hydroxylation is 1. The second kappa shape index (κ2) is 10.1. The third kappa shape index (κ3) is 4.79. The summed E-state index contributed by atoms with van der Waals surface area (Å²) < 4.78 is 2.21. The first kappa shape index (κ1) is 22.8. The lowest BCUT2D eigenvalue weighted by molar-refractivity contribution is 0.236. The molecule has 2 N–H and O–H groups in total. The molecule has 1 atom stereocenters. The van der Waals surface area contributed by atoms with Gasteiger partial charge in [0.25, 0.3) is 0 Å². The molecule has 0 radical (unpaired) electrons. The Morgan fingerprint density at radius 1 is 1.15 bits per heavy atom. The Labute approximate surface area is 205 Å². The van der Waals surface area contributed by atoms with Gasteiger partial charge in [-0.3, -0.25) is 0 Å². The van der Waals surface area contributed by atoms with Crippen molar-refractivity contribution in [2.24, 2.45) is 5.92 Å². The average molecular weight is 476 g/mol. The van der Waals surface area contributed by atoms with Crippen molar-refractivity contribution >= 4 is 28.6 Å². The molecule has 34 heavy (non-hydrogen) atoms. The molecule has 0 unspecified atom stereocenters. The number of aliphatic hydroxyl groups excluding tert-OH is 1. The highest BCUT2D eigenvalue weighted by molar-refractivity contribution is 6.30. The van der Waals surface area contributed by atoms with E-state index in [2.05, 4.69) is 51.0 Å². The first-order chi connectivity index (χ1) is 16.6. The fraction of sp³-hybridized carbons (Fsp3) is 0.370. The van der Waals surface area contributed by atoms with Gasteiger partial charge in [0.2, 0.25) is 0 Å². The van der Waals surface area contributed by atoms with Gasteiger partial charge in [-0.15, -0.1) is 0 Å². The van der Waals surface area contributed by atoms with Gasteiger partial charge in [0.1, 0.15) is 17.7 Å². The molecule has 1 aliphatic rings. The standard InChI is InChI=1S/C27H30ClN5O/c1-18-5-2-8-21(15-18)27-32-26-24(33(27)16-19-10-12-22(28)13-11-19)25(29-17-30-26)31-23(9-4-14-34)20-6-3-7-20/h2,5,8,10-13,15,17,20,23,34H,3-4,6-7,9,14,16H2,1H3,(H,29,30,31)/t23-/m1/s1. The Hall–Kier alpha value is -2.96. The summed E-state index contributed by atoms with van der Waals surface area (Å²) in [7, 11) is 0. The van der Waals surface area contributed by atoms with Gasteiger partial charge in [0.15, 0.2) is 11.5 Å². The summed E-state index contributed by atoms with van der Waals surface area (Å²) in [4.78, 5) is 14.2. The topological polar surface area (TPSA) is 75.9 Å². The summed E-state index contributed by atoms with van der Waals surface area (Å²) in [5, 5.41) is 13.9. The molecule has 0 spiro atoms. The molecule has 0 amide bonds. The smallest absolute Gasteiger partial charge is 0.183 e. The minimum absolute atomic E-state index is 0.204. The van der Waals surface area contributed by atoms with Crippen molar-refractivity contribution in [3.63, 3.8) is 0 Å². The summed E-state index contributed by atoms with van der Waals surface area (Å²) in [5.74, 6) is 2.29. The molecule has 4 aromatic rings. The van der Waals surface area contributed by atoms with E-state index < -0.39 is 0 Å². The molecule has 5 rings (SSSR count). The van der Waals surface area contributed by atoms with Gasteiger partial charge >= 0.3 is 0 Å². The van der Waals surface area contributed by atoms with E-state index in [1.807, 2.05) is 24.3 Å². The molecule has 7 heteroatoms. The van der Waals surface area contributed by atoms with Crippen LogP contribution in [0.4, 0.5) is 5.82 Å². The van der Waals surface area contributed by atoms with Crippen LogP contribution in [-0.2, 0) is 6.54 Å². The van der Waals surface area contributed by atoms with Gasteiger partial charge in [-0.05, 0) is 62.3 Å². The van der Waals surface area contributed by atoms with Crippen LogP contribution in [0.2, 0.25) is 5.02 Å². The van der Waals surface area contributed by atoms with Crippen LogP contribution < -0.4 is 5.32 Å². The number of aliphatic hydroxyl groups is 1. The van der Waals surface area contributed by atoms with Gasteiger partial charge in [0, 0.05) is 29.8 Å². The normalized spacial score (nSPS) is 14.8. The van der Waals surface area contributed by atoms with Gasteiger partial charge in [0.05, 0.1) is 0 Å². The van der Waals surface area contributed by atoms with Crippen molar-refractivity contribution in [3.8, 4) is 11.4 Å². The number of imidazole rings is 1. The molecule has 2 aromatic carbocycles. The molecule has 2 heterocycles. The molecule has 1 fully saturated rings. The summed E-state index contributed by atoms with van der Waals surface area (Å²) in [5.41, 5.74) is 4.94. The number of benzene rings is 2. The van der Waals surface area contributed by atoms with Crippen molar-refractivity contribution < 1.29 is 5.11 Å². The molecule has 0 bridgehead atoms. The van der Waals surface area contributed by atoms with Crippen molar-refractivity contribution in [2.45, 2.75) is 51.6 Å². The van der Waals surface area contributed by atoms with Gasteiger partial charge in [-0.2, -0.15) is 0 Å². The quantitative estimate of drug-likeness (QED) is 0.317. The number of aromatic nitrogens is 4. The van der Waals surface area contributed by atoms with Gasteiger partial charge < -0.3 is 15.0 Å². The SMILES string of the molecule is Cc1cccc(-c2nc3ncnc(N[C@H](CCCO)C4CCC4)c3n2Cc2ccc(Cl)cc2)c1. The van der Waals surface area contributed by atoms with Crippen LogP contribution in [0.25, 0.3) is 22.6 Å². The fourth-order valence-corrected chi connectivity index (χ4v) is 4.88. The first-order valence-electron chi connectivity index (χ1n) is 12.0. The number of anilines is 1. The molecule has 2 aromatic heterocycles. The average Bonchev–Trinajstić information content (AvgIpc) is 3.17. The largest absolute Gasteiger partial charge is 0.396 e. The molecule has 0 aliphatic heterocycles. The molecule has 6 nitrogen and oxygen atoms in total. The minimum atomic E-state index is 0.204. The van der Waals surface area contributed by atoms with E-state index in [0.717, 1.165) is 46.2 Å². The number of halogens is 1. The van der Waals surface area contributed by atoms with E-state index in [9.17, 15) is 5.11 Å². The van der Waals surface area contributed by atoms with Crippen LogP contribution in [0, 0.1) is 12.8 Å². The zero-order valence-corrected chi connectivity index (χ0v) is 20.2. The van der Waals surface area contributed by atoms with Crippen LogP contribution in [-0.4, -0.2) is 37.3 Å². The predicted molar refractivity (Wildman–Crippen MR) is 137 cm³/mol. The Kier molecular flexibility index (Phi) is 6.79. The third-order valence-corrected chi connectivity index (χ3v) is 7.04. The van der Waals surface area contributed by atoms with E-state index in [-0.39, 0.29) is 12.6 Å². The highest BCUT2D eigenvalue weighted by Crippen LogP contribution is 2.35. The molecule has 1 saturated carbocycles. The van der Waals surface area contributed by atoms with Crippen LogP contribution in [0.1, 0.15) is 43.2 Å². The summed E-state index contributed by atoms with van der Waals surface area (Å²) in [6, 6.07) is 16.6. The summed E-state index contributed by atoms with van der Waals surface area (Å²) >= 11 is 6.14.